The molecule has 0 spiro atoms. The molecule has 0 atom stereocenters. The van der Waals surface area contributed by atoms with E-state index < -0.39 is 0 Å². The second-order valence-electron chi connectivity index (χ2n) is 6.13. The third-order valence-electron chi connectivity index (χ3n) is 4.33. The van der Waals surface area contributed by atoms with Gasteiger partial charge in [0.1, 0.15) is 0 Å². The summed E-state index contributed by atoms with van der Waals surface area (Å²) >= 11 is 1.77. The van der Waals surface area contributed by atoms with Crippen LogP contribution in [0.3, 0.4) is 0 Å². The lowest BCUT2D eigenvalue weighted by atomic mass is 10.1. The third kappa shape index (κ3) is 4.67. The zero-order chi connectivity index (χ0) is 17.6. The molecule has 5 nitrogen and oxygen atoms in total. The molecule has 25 heavy (non-hydrogen) atoms. The zero-order valence-electron chi connectivity index (χ0n) is 14.4. The van der Waals surface area contributed by atoms with Crippen LogP contribution in [0.25, 0.3) is 0 Å². The molecule has 1 saturated heterocycles. The molecule has 3 rings (SSSR count). The molecule has 6 heteroatoms. The lowest BCUT2D eigenvalue weighted by molar-refractivity contribution is -0.115. The minimum atomic E-state index is -0.0493. The van der Waals surface area contributed by atoms with Gasteiger partial charge in [-0.2, -0.15) is 0 Å². The first-order valence-corrected chi connectivity index (χ1v) is 9.47. The summed E-state index contributed by atoms with van der Waals surface area (Å²) in [5.74, 6) is -0.0184. The smallest absolute Gasteiger partial charge is 0.254 e. The van der Waals surface area contributed by atoms with Crippen molar-refractivity contribution >= 4 is 28.8 Å². The average molecular weight is 357 g/mol. The molecule has 132 valence electrons. The van der Waals surface area contributed by atoms with Gasteiger partial charge in [0.25, 0.3) is 5.91 Å². The highest BCUT2D eigenvalue weighted by atomic mass is 32.1. The Kier molecular flexibility index (Phi) is 5.83. The fourth-order valence-electron chi connectivity index (χ4n) is 2.89. The Morgan fingerprint density at radius 1 is 1.12 bits per heavy atom. The summed E-state index contributed by atoms with van der Waals surface area (Å²) < 4.78 is 0. The molecule has 2 aromatic rings. The number of anilines is 1. The number of nitrogens with zero attached hydrogens (tertiary/aromatic N) is 2. The SMILES string of the molecule is CCC(=O)Nc1cccc(C(=O)N2CCN(Cc3cccs3)CC2)c1. The van der Waals surface area contributed by atoms with E-state index >= 15 is 0 Å². The fourth-order valence-corrected chi connectivity index (χ4v) is 3.64. The summed E-state index contributed by atoms with van der Waals surface area (Å²) in [6.45, 7) is 6.00. The summed E-state index contributed by atoms with van der Waals surface area (Å²) in [7, 11) is 0. The third-order valence-corrected chi connectivity index (χ3v) is 5.19. The Bertz CT molecular complexity index is 722. The Hall–Kier alpha value is -2.18. The topological polar surface area (TPSA) is 52.7 Å². The number of hydrogen-bond acceptors (Lipinski definition) is 4. The van der Waals surface area contributed by atoms with Crippen LogP contribution in [0.4, 0.5) is 5.69 Å². The maximum atomic E-state index is 12.7. The molecule has 1 N–H and O–H groups in total. The van der Waals surface area contributed by atoms with Gasteiger partial charge in [0.15, 0.2) is 0 Å². The van der Waals surface area contributed by atoms with Crippen molar-refractivity contribution in [1.29, 1.82) is 0 Å². The molecule has 0 saturated carbocycles. The lowest BCUT2D eigenvalue weighted by Crippen LogP contribution is -2.48. The molecule has 1 aliphatic rings. The standard InChI is InChI=1S/C19H23N3O2S/c1-2-18(23)20-16-6-3-5-15(13-16)19(24)22-10-8-21(9-11-22)14-17-7-4-12-25-17/h3-7,12-13H,2,8-11,14H2,1H3,(H,20,23). The Labute approximate surface area is 152 Å². The molecule has 0 aliphatic carbocycles. The van der Waals surface area contributed by atoms with E-state index in [1.54, 1.807) is 24.3 Å². The van der Waals surface area contributed by atoms with Crippen molar-refractivity contribution in [2.75, 3.05) is 31.5 Å². The second-order valence-corrected chi connectivity index (χ2v) is 7.16. The molecule has 2 heterocycles. The van der Waals surface area contributed by atoms with Crippen LogP contribution in [0.15, 0.2) is 41.8 Å². The molecular weight excluding hydrogens is 334 g/mol. The molecule has 1 aromatic heterocycles. The van der Waals surface area contributed by atoms with Crippen LogP contribution in [0, 0.1) is 0 Å². The second kappa shape index (κ2) is 8.27. The highest BCUT2D eigenvalue weighted by molar-refractivity contribution is 7.09. The number of amides is 2. The van der Waals surface area contributed by atoms with Crippen molar-refractivity contribution in [1.82, 2.24) is 9.80 Å². The van der Waals surface area contributed by atoms with Gasteiger partial charge in [0.2, 0.25) is 5.91 Å². The van der Waals surface area contributed by atoms with Gasteiger partial charge in [-0.25, -0.2) is 0 Å². The lowest BCUT2D eigenvalue weighted by Gasteiger charge is -2.34. The first kappa shape index (κ1) is 17.6. The van der Waals surface area contributed by atoms with Gasteiger partial charge in [-0.1, -0.05) is 19.1 Å². The van der Waals surface area contributed by atoms with Crippen molar-refractivity contribution in [2.24, 2.45) is 0 Å². The van der Waals surface area contributed by atoms with Crippen LogP contribution in [-0.4, -0.2) is 47.8 Å². The van der Waals surface area contributed by atoms with E-state index in [0.717, 1.165) is 32.7 Å². The van der Waals surface area contributed by atoms with Gasteiger partial charge < -0.3 is 10.2 Å². The average Bonchev–Trinajstić information content (AvgIpc) is 3.15. The zero-order valence-corrected chi connectivity index (χ0v) is 15.2. The quantitative estimate of drug-likeness (QED) is 0.895. The van der Waals surface area contributed by atoms with Crippen LogP contribution in [0.5, 0.6) is 0 Å². The minimum absolute atomic E-state index is 0.0309. The van der Waals surface area contributed by atoms with Crippen molar-refractivity contribution in [3.63, 3.8) is 0 Å². The van der Waals surface area contributed by atoms with E-state index in [2.05, 4.69) is 27.7 Å². The summed E-state index contributed by atoms with van der Waals surface area (Å²) in [6, 6.07) is 11.4. The molecule has 1 aliphatic heterocycles. The van der Waals surface area contributed by atoms with Crippen LogP contribution >= 0.6 is 11.3 Å². The Morgan fingerprint density at radius 2 is 1.92 bits per heavy atom. The molecule has 1 aromatic carbocycles. The molecule has 1 fully saturated rings. The monoisotopic (exact) mass is 357 g/mol. The van der Waals surface area contributed by atoms with Crippen LogP contribution in [0.2, 0.25) is 0 Å². The summed E-state index contributed by atoms with van der Waals surface area (Å²) in [4.78, 5) is 29.9. The van der Waals surface area contributed by atoms with Crippen molar-refractivity contribution in [3.8, 4) is 0 Å². The van der Waals surface area contributed by atoms with Crippen molar-refractivity contribution in [2.45, 2.75) is 19.9 Å². The van der Waals surface area contributed by atoms with E-state index in [1.165, 1.54) is 4.88 Å². The highest BCUT2D eigenvalue weighted by Gasteiger charge is 2.22. The van der Waals surface area contributed by atoms with Gasteiger partial charge in [0.05, 0.1) is 0 Å². The van der Waals surface area contributed by atoms with E-state index in [1.807, 2.05) is 23.1 Å². The van der Waals surface area contributed by atoms with E-state index in [0.29, 0.717) is 17.7 Å². The van der Waals surface area contributed by atoms with Gasteiger partial charge in [-0.15, -0.1) is 11.3 Å². The molecule has 0 unspecified atom stereocenters. The van der Waals surface area contributed by atoms with Gasteiger partial charge >= 0.3 is 0 Å². The summed E-state index contributed by atoms with van der Waals surface area (Å²) in [6.07, 6.45) is 0.421. The maximum absolute atomic E-state index is 12.7. The predicted octanol–water partition coefficient (Wildman–Crippen LogP) is 3.05. The molecular formula is C19H23N3O2S. The molecule has 0 radical (unpaired) electrons. The van der Waals surface area contributed by atoms with Gasteiger partial charge in [-0.3, -0.25) is 14.5 Å². The van der Waals surface area contributed by atoms with E-state index in [9.17, 15) is 9.59 Å². The van der Waals surface area contributed by atoms with Crippen LogP contribution in [0.1, 0.15) is 28.6 Å². The van der Waals surface area contributed by atoms with Crippen molar-refractivity contribution in [3.05, 3.63) is 52.2 Å². The Morgan fingerprint density at radius 3 is 2.60 bits per heavy atom. The maximum Gasteiger partial charge on any atom is 0.254 e. The largest absolute Gasteiger partial charge is 0.336 e. The van der Waals surface area contributed by atoms with Gasteiger partial charge in [0, 0.05) is 55.3 Å². The fraction of sp³-hybridized carbons (Fsp3) is 0.368. The number of rotatable bonds is 5. The van der Waals surface area contributed by atoms with E-state index in [-0.39, 0.29) is 11.8 Å². The number of carbonyl (C=O) groups is 2. The normalized spacial score (nSPS) is 15.2. The minimum Gasteiger partial charge on any atom is -0.336 e. The molecule has 0 bridgehead atoms. The number of piperazine rings is 1. The first-order valence-electron chi connectivity index (χ1n) is 8.59. The van der Waals surface area contributed by atoms with Crippen molar-refractivity contribution < 1.29 is 9.59 Å². The van der Waals surface area contributed by atoms with Gasteiger partial charge in [-0.05, 0) is 29.6 Å². The van der Waals surface area contributed by atoms with E-state index in [4.69, 9.17) is 0 Å². The number of nitrogens with one attached hydrogen (secondary N) is 1. The number of carbonyl (C=O) groups excluding carboxylic acids is 2. The summed E-state index contributed by atoms with van der Waals surface area (Å²) in [5.41, 5.74) is 1.30. The Balaban J connectivity index is 1.57. The number of benzene rings is 1. The van der Waals surface area contributed by atoms with Crippen LogP contribution in [-0.2, 0) is 11.3 Å². The first-order chi connectivity index (χ1) is 12.2. The number of thiophene rings is 1. The highest BCUT2D eigenvalue weighted by Crippen LogP contribution is 2.17. The molecule has 2 amide bonds. The predicted molar refractivity (Wildman–Crippen MR) is 101 cm³/mol. The van der Waals surface area contributed by atoms with Crippen LogP contribution < -0.4 is 5.32 Å². The number of hydrogen-bond donors (Lipinski definition) is 1. The summed E-state index contributed by atoms with van der Waals surface area (Å²) in [5, 5.41) is 4.90.